The average molecular weight is 501 g/mol. The maximum atomic E-state index is 11.0. The number of hydrogen-bond acceptors (Lipinski definition) is 5. The highest BCUT2D eigenvalue weighted by Crippen LogP contribution is 2.28. The standard InChI is InChI=1S/C20H11Br2N3O3/c21-14-4-2-13(3-5-14)20-24-17-10-15(6-8-19(17)28-20)23-11-12-1-7-16(22)18(9-12)25(26)27/h1-11H. The molecule has 4 aromatic rings. The number of aliphatic imine (C=N–C) groups is 1. The van der Waals surface area contributed by atoms with E-state index < -0.39 is 4.92 Å². The van der Waals surface area contributed by atoms with E-state index in [1.54, 1.807) is 24.4 Å². The summed E-state index contributed by atoms with van der Waals surface area (Å²) >= 11 is 6.58. The van der Waals surface area contributed by atoms with Crippen molar-refractivity contribution >= 4 is 60.5 Å². The number of aromatic nitrogens is 1. The molecule has 0 atom stereocenters. The summed E-state index contributed by atoms with van der Waals surface area (Å²) in [5.74, 6) is 0.534. The molecule has 0 saturated heterocycles. The van der Waals surface area contributed by atoms with Gasteiger partial charge in [0.25, 0.3) is 5.69 Å². The fraction of sp³-hybridized carbons (Fsp3) is 0. The zero-order valence-electron chi connectivity index (χ0n) is 14.2. The number of oxazole rings is 1. The van der Waals surface area contributed by atoms with Gasteiger partial charge in [0.2, 0.25) is 5.89 Å². The summed E-state index contributed by atoms with van der Waals surface area (Å²) in [5.41, 5.74) is 3.53. The summed E-state index contributed by atoms with van der Waals surface area (Å²) in [4.78, 5) is 19.5. The number of hydrogen-bond donors (Lipinski definition) is 0. The molecule has 0 aliphatic heterocycles. The van der Waals surface area contributed by atoms with Crippen LogP contribution >= 0.6 is 31.9 Å². The number of nitro benzene ring substituents is 1. The molecule has 28 heavy (non-hydrogen) atoms. The van der Waals surface area contributed by atoms with Crippen molar-refractivity contribution in [2.24, 2.45) is 4.99 Å². The third-order valence-corrected chi connectivity index (χ3v) is 5.19. The Bertz CT molecular complexity index is 1220. The van der Waals surface area contributed by atoms with E-state index >= 15 is 0 Å². The van der Waals surface area contributed by atoms with Crippen LogP contribution < -0.4 is 0 Å². The summed E-state index contributed by atoms with van der Waals surface area (Å²) in [6.45, 7) is 0. The van der Waals surface area contributed by atoms with E-state index in [4.69, 9.17) is 4.42 Å². The number of nitrogens with zero attached hydrogens (tertiary/aromatic N) is 3. The van der Waals surface area contributed by atoms with Crippen LogP contribution in [0, 0.1) is 10.1 Å². The second-order valence-electron chi connectivity index (χ2n) is 5.90. The van der Waals surface area contributed by atoms with E-state index in [1.165, 1.54) is 6.07 Å². The Morgan fingerprint density at radius 2 is 1.82 bits per heavy atom. The van der Waals surface area contributed by atoms with Crippen molar-refractivity contribution < 1.29 is 9.34 Å². The van der Waals surface area contributed by atoms with Crippen molar-refractivity contribution in [2.45, 2.75) is 0 Å². The molecule has 0 saturated carbocycles. The van der Waals surface area contributed by atoms with Gasteiger partial charge in [0.1, 0.15) is 5.52 Å². The first-order valence-corrected chi connectivity index (χ1v) is 9.73. The van der Waals surface area contributed by atoms with Crippen molar-refractivity contribution in [2.75, 3.05) is 0 Å². The minimum Gasteiger partial charge on any atom is -0.436 e. The fourth-order valence-electron chi connectivity index (χ4n) is 2.61. The second-order valence-corrected chi connectivity index (χ2v) is 7.67. The lowest BCUT2D eigenvalue weighted by molar-refractivity contribution is -0.385. The third-order valence-electron chi connectivity index (χ3n) is 3.99. The summed E-state index contributed by atoms with van der Waals surface area (Å²) in [6, 6.07) is 18.0. The number of benzene rings is 3. The molecule has 0 unspecified atom stereocenters. The molecular weight excluding hydrogens is 490 g/mol. The molecule has 3 aromatic carbocycles. The van der Waals surface area contributed by atoms with E-state index in [1.807, 2.05) is 36.4 Å². The summed E-state index contributed by atoms with van der Waals surface area (Å²) in [7, 11) is 0. The van der Waals surface area contributed by atoms with Gasteiger partial charge < -0.3 is 4.42 Å². The lowest BCUT2D eigenvalue weighted by Crippen LogP contribution is -1.91. The number of halogens is 2. The molecule has 8 heteroatoms. The summed E-state index contributed by atoms with van der Waals surface area (Å²) < 4.78 is 7.22. The molecule has 138 valence electrons. The maximum absolute atomic E-state index is 11.0. The Morgan fingerprint density at radius 3 is 2.57 bits per heavy atom. The zero-order chi connectivity index (χ0) is 19.7. The van der Waals surface area contributed by atoms with E-state index in [2.05, 4.69) is 41.8 Å². The minimum atomic E-state index is -0.438. The van der Waals surface area contributed by atoms with Crippen molar-refractivity contribution in [3.63, 3.8) is 0 Å². The molecule has 4 rings (SSSR count). The molecule has 0 aliphatic carbocycles. The molecule has 0 aliphatic rings. The highest BCUT2D eigenvalue weighted by molar-refractivity contribution is 9.10. The van der Waals surface area contributed by atoms with Crippen LogP contribution in [0.15, 0.2) is 79.0 Å². The Hall–Kier alpha value is -2.84. The first kappa shape index (κ1) is 18.5. The van der Waals surface area contributed by atoms with Gasteiger partial charge >= 0.3 is 0 Å². The number of rotatable bonds is 4. The summed E-state index contributed by atoms with van der Waals surface area (Å²) in [5, 5.41) is 11.0. The van der Waals surface area contributed by atoms with Gasteiger partial charge in [0, 0.05) is 22.3 Å². The average Bonchev–Trinajstić information content (AvgIpc) is 3.11. The Labute approximate surface area is 176 Å². The quantitative estimate of drug-likeness (QED) is 0.178. The first-order chi connectivity index (χ1) is 13.5. The molecule has 6 nitrogen and oxygen atoms in total. The van der Waals surface area contributed by atoms with Gasteiger partial charge in [-0.2, -0.15) is 0 Å². The SMILES string of the molecule is O=[N+]([O-])c1cc(C=Nc2ccc3oc(-c4ccc(Br)cc4)nc3c2)ccc1Br. The van der Waals surface area contributed by atoms with Gasteiger partial charge in [-0.15, -0.1) is 0 Å². The zero-order valence-corrected chi connectivity index (χ0v) is 17.3. The first-order valence-electron chi connectivity index (χ1n) is 8.14. The predicted molar refractivity (Wildman–Crippen MR) is 115 cm³/mol. The predicted octanol–water partition coefficient (Wildman–Crippen LogP) is 6.68. The van der Waals surface area contributed by atoms with Crippen LogP contribution in [0.1, 0.15) is 5.56 Å². The smallest absolute Gasteiger partial charge is 0.284 e. The van der Waals surface area contributed by atoms with E-state index in [-0.39, 0.29) is 5.69 Å². The molecule has 0 spiro atoms. The van der Waals surface area contributed by atoms with Crippen molar-refractivity contribution in [1.29, 1.82) is 0 Å². The topological polar surface area (TPSA) is 81.5 Å². The number of fused-ring (bicyclic) bond motifs is 1. The van der Waals surface area contributed by atoms with Gasteiger partial charge in [-0.3, -0.25) is 15.1 Å². The van der Waals surface area contributed by atoms with Crippen molar-refractivity contribution in [3.8, 4) is 11.5 Å². The number of nitro groups is 1. The van der Waals surface area contributed by atoms with Crippen molar-refractivity contribution in [1.82, 2.24) is 4.98 Å². The maximum Gasteiger partial charge on any atom is 0.284 e. The van der Waals surface area contributed by atoms with Gasteiger partial charge in [0.05, 0.1) is 15.1 Å². The molecule has 1 heterocycles. The molecule has 0 N–H and O–H groups in total. The molecular formula is C20H11Br2N3O3. The molecule has 0 bridgehead atoms. The normalized spacial score (nSPS) is 11.4. The van der Waals surface area contributed by atoms with Gasteiger partial charge in [0.15, 0.2) is 5.58 Å². The highest BCUT2D eigenvalue weighted by Gasteiger charge is 2.12. The van der Waals surface area contributed by atoms with Crippen LogP contribution in [-0.4, -0.2) is 16.1 Å². The Balaban J connectivity index is 1.63. The molecule has 0 amide bonds. The van der Waals surface area contributed by atoms with Crippen LogP contribution in [0.3, 0.4) is 0 Å². The van der Waals surface area contributed by atoms with E-state index in [0.29, 0.717) is 32.7 Å². The van der Waals surface area contributed by atoms with Crippen LogP contribution in [0.2, 0.25) is 0 Å². The van der Waals surface area contributed by atoms with E-state index in [9.17, 15) is 10.1 Å². The van der Waals surface area contributed by atoms with Gasteiger partial charge in [-0.1, -0.05) is 22.0 Å². The minimum absolute atomic E-state index is 0.00459. The lowest BCUT2D eigenvalue weighted by Gasteiger charge is -1.97. The third kappa shape index (κ3) is 3.88. The molecule has 0 radical (unpaired) electrons. The molecule has 1 aromatic heterocycles. The fourth-order valence-corrected chi connectivity index (χ4v) is 3.27. The summed E-state index contributed by atoms with van der Waals surface area (Å²) in [6.07, 6.45) is 1.58. The van der Waals surface area contributed by atoms with Crippen LogP contribution in [0.25, 0.3) is 22.6 Å². The Kier molecular flexibility index (Phi) is 5.06. The van der Waals surface area contributed by atoms with Gasteiger partial charge in [-0.25, -0.2) is 4.98 Å². The van der Waals surface area contributed by atoms with Gasteiger partial charge in [-0.05, 0) is 70.0 Å². The van der Waals surface area contributed by atoms with Crippen LogP contribution in [0.4, 0.5) is 11.4 Å². The Morgan fingerprint density at radius 1 is 1.04 bits per heavy atom. The monoisotopic (exact) mass is 499 g/mol. The second kappa shape index (κ2) is 7.65. The van der Waals surface area contributed by atoms with Crippen molar-refractivity contribution in [3.05, 3.63) is 85.3 Å². The van der Waals surface area contributed by atoms with E-state index in [0.717, 1.165) is 10.0 Å². The molecule has 0 fully saturated rings. The van der Waals surface area contributed by atoms with Crippen LogP contribution in [-0.2, 0) is 0 Å². The lowest BCUT2D eigenvalue weighted by atomic mass is 10.2. The largest absolute Gasteiger partial charge is 0.436 e. The van der Waals surface area contributed by atoms with Crippen LogP contribution in [0.5, 0.6) is 0 Å². The highest BCUT2D eigenvalue weighted by atomic mass is 79.9.